The summed E-state index contributed by atoms with van der Waals surface area (Å²) in [6.45, 7) is 5.65. The van der Waals surface area contributed by atoms with Gasteiger partial charge in [-0.25, -0.2) is 4.98 Å². The third-order valence-electron chi connectivity index (χ3n) is 7.16. The number of nitrogens with zero attached hydrogens (tertiary/aromatic N) is 5. The van der Waals surface area contributed by atoms with Crippen LogP contribution < -0.4 is 15.2 Å². The van der Waals surface area contributed by atoms with Gasteiger partial charge in [0.2, 0.25) is 0 Å². The second-order valence-corrected chi connectivity index (χ2v) is 9.42. The molecule has 0 spiro atoms. The minimum Gasteiger partial charge on any atom is -0.406 e. The molecular formula is C27H30F3N5O3. The fraction of sp³-hybridized carbons (Fsp3) is 0.444. The Balaban J connectivity index is 1.69. The van der Waals surface area contributed by atoms with Crippen molar-refractivity contribution in [1.82, 2.24) is 14.5 Å². The lowest BCUT2D eigenvalue weighted by Crippen LogP contribution is -2.60. The normalized spacial score (nSPS) is 19.4. The molecule has 4 rings (SSSR count). The summed E-state index contributed by atoms with van der Waals surface area (Å²) >= 11 is 0. The van der Waals surface area contributed by atoms with Gasteiger partial charge in [-0.2, -0.15) is 5.26 Å². The van der Waals surface area contributed by atoms with Crippen molar-refractivity contribution in [2.45, 2.75) is 44.8 Å². The van der Waals surface area contributed by atoms with Gasteiger partial charge in [-0.15, -0.1) is 13.2 Å². The predicted molar refractivity (Wildman–Crippen MR) is 137 cm³/mol. The highest BCUT2D eigenvalue weighted by Gasteiger charge is 2.37. The predicted octanol–water partition coefficient (Wildman–Crippen LogP) is 4.38. The van der Waals surface area contributed by atoms with Crippen molar-refractivity contribution >= 4 is 16.7 Å². The highest BCUT2D eigenvalue weighted by molar-refractivity contribution is 5.89. The number of anilines is 1. The number of piperazine rings is 1. The number of hydrogen-bond acceptors (Lipinski definition) is 7. The molecule has 11 heteroatoms. The van der Waals surface area contributed by atoms with E-state index in [9.17, 15) is 23.2 Å². The van der Waals surface area contributed by atoms with Crippen LogP contribution in [0.25, 0.3) is 11.0 Å². The molecule has 0 N–H and O–H groups in total. The maximum Gasteiger partial charge on any atom is 0.573 e. The Morgan fingerprint density at radius 3 is 2.47 bits per heavy atom. The van der Waals surface area contributed by atoms with Crippen molar-refractivity contribution in [3.8, 4) is 11.8 Å². The van der Waals surface area contributed by atoms with Crippen LogP contribution in [0.4, 0.5) is 18.9 Å². The van der Waals surface area contributed by atoms with Crippen molar-refractivity contribution in [1.29, 1.82) is 5.26 Å². The number of nitriles is 1. The summed E-state index contributed by atoms with van der Waals surface area (Å²) in [7, 11) is 3.30. The lowest BCUT2D eigenvalue weighted by Gasteiger charge is -2.49. The summed E-state index contributed by atoms with van der Waals surface area (Å²) in [4.78, 5) is 21.9. The fourth-order valence-corrected chi connectivity index (χ4v) is 5.16. The molecule has 0 bridgehead atoms. The first-order valence-corrected chi connectivity index (χ1v) is 12.3. The van der Waals surface area contributed by atoms with Gasteiger partial charge >= 0.3 is 6.36 Å². The quantitative estimate of drug-likeness (QED) is 0.449. The first-order valence-electron chi connectivity index (χ1n) is 12.3. The van der Waals surface area contributed by atoms with E-state index < -0.39 is 6.36 Å². The van der Waals surface area contributed by atoms with Gasteiger partial charge in [0.1, 0.15) is 23.0 Å². The number of methoxy groups -OCH3 is 1. The Morgan fingerprint density at radius 2 is 1.87 bits per heavy atom. The van der Waals surface area contributed by atoms with Crippen LogP contribution in [-0.4, -0.2) is 59.7 Å². The van der Waals surface area contributed by atoms with Gasteiger partial charge in [-0.3, -0.25) is 9.69 Å². The van der Waals surface area contributed by atoms with Crippen molar-refractivity contribution < 1.29 is 22.6 Å². The van der Waals surface area contributed by atoms with Crippen molar-refractivity contribution in [3.63, 3.8) is 0 Å². The van der Waals surface area contributed by atoms with E-state index in [4.69, 9.17) is 4.74 Å². The minimum atomic E-state index is -4.74. The molecule has 202 valence electrons. The number of aromatic nitrogens is 2. The number of ether oxygens (including phenoxy) is 2. The number of rotatable bonds is 7. The highest BCUT2D eigenvalue weighted by Crippen LogP contribution is 2.34. The number of aryl methyl sites for hydroxylation is 1. The van der Waals surface area contributed by atoms with Crippen LogP contribution in [0.2, 0.25) is 0 Å². The molecule has 1 aliphatic rings. The van der Waals surface area contributed by atoms with Crippen LogP contribution >= 0.6 is 0 Å². The van der Waals surface area contributed by atoms with Gasteiger partial charge < -0.3 is 18.9 Å². The molecule has 1 saturated heterocycles. The van der Waals surface area contributed by atoms with E-state index in [0.717, 1.165) is 12.0 Å². The maximum absolute atomic E-state index is 12.9. The largest absolute Gasteiger partial charge is 0.573 e. The maximum atomic E-state index is 12.9. The molecule has 38 heavy (non-hydrogen) atoms. The van der Waals surface area contributed by atoms with E-state index in [1.54, 1.807) is 44.5 Å². The van der Waals surface area contributed by atoms with Crippen molar-refractivity contribution in [2.24, 2.45) is 7.05 Å². The monoisotopic (exact) mass is 529 g/mol. The summed E-state index contributed by atoms with van der Waals surface area (Å²) in [6, 6.07) is 12.7. The van der Waals surface area contributed by atoms with E-state index in [2.05, 4.69) is 32.5 Å². The van der Waals surface area contributed by atoms with Crippen LogP contribution in [0.3, 0.4) is 0 Å². The average Bonchev–Trinajstić information content (AvgIpc) is 2.89. The van der Waals surface area contributed by atoms with Crippen LogP contribution in [0.1, 0.15) is 37.6 Å². The number of hydrogen-bond donors (Lipinski definition) is 0. The second-order valence-electron chi connectivity index (χ2n) is 9.42. The fourth-order valence-electron chi connectivity index (χ4n) is 5.16. The summed E-state index contributed by atoms with van der Waals surface area (Å²) in [6.07, 6.45) is -3.97. The smallest absolute Gasteiger partial charge is 0.406 e. The number of alkyl halides is 3. The Morgan fingerprint density at radius 1 is 1.16 bits per heavy atom. The zero-order chi connectivity index (χ0) is 27.6. The standard InChI is InChI=1S/C27H30F3N5O3/c1-5-20-14-34(17(2)18-6-9-22(10-7-18)38-27(28,29)30)21(16-37-4)15-35(20)24-12-25(36)33(3)23-11-8-19(13-31)32-26(23)24/h6-12,17,20-21H,5,14-16H2,1-4H3/t17?,20-,21-/m0/s1. The van der Waals surface area contributed by atoms with E-state index in [-0.39, 0.29) is 35.1 Å². The van der Waals surface area contributed by atoms with Crippen LogP contribution in [0, 0.1) is 11.3 Å². The Kier molecular flexibility index (Phi) is 7.94. The van der Waals surface area contributed by atoms with Crippen LogP contribution in [0.5, 0.6) is 5.75 Å². The Labute approximate surface area is 218 Å². The molecule has 3 atom stereocenters. The molecule has 0 aliphatic carbocycles. The zero-order valence-corrected chi connectivity index (χ0v) is 21.7. The molecule has 0 amide bonds. The summed E-state index contributed by atoms with van der Waals surface area (Å²) in [5.74, 6) is -0.264. The molecule has 3 aromatic rings. The zero-order valence-electron chi connectivity index (χ0n) is 21.7. The van der Waals surface area contributed by atoms with Gasteiger partial charge in [0.25, 0.3) is 5.56 Å². The third-order valence-corrected chi connectivity index (χ3v) is 7.16. The van der Waals surface area contributed by atoms with Crippen molar-refractivity contribution in [2.75, 3.05) is 31.7 Å². The SMILES string of the molecule is CC[C@H]1CN(C(C)c2ccc(OC(F)(F)F)cc2)[C@H](COC)CN1c1cc(=O)n(C)c2ccc(C#N)nc12. The summed E-state index contributed by atoms with van der Waals surface area (Å²) in [5, 5.41) is 9.43. The number of benzene rings is 1. The summed E-state index contributed by atoms with van der Waals surface area (Å²) < 4.78 is 48.8. The first-order chi connectivity index (χ1) is 18.1. The number of pyridine rings is 2. The third kappa shape index (κ3) is 5.61. The molecule has 3 heterocycles. The van der Waals surface area contributed by atoms with Crippen LogP contribution in [0.15, 0.2) is 47.3 Å². The van der Waals surface area contributed by atoms with Gasteiger partial charge in [0, 0.05) is 45.4 Å². The molecule has 1 fully saturated rings. The van der Waals surface area contributed by atoms with Gasteiger partial charge in [-0.1, -0.05) is 19.1 Å². The van der Waals surface area contributed by atoms with E-state index in [1.165, 1.54) is 16.7 Å². The minimum absolute atomic E-state index is 0.0150. The van der Waals surface area contributed by atoms with Crippen LogP contribution in [-0.2, 0) is 11.8 Å². The molecule has 8 nitrogen and oxygen atoms in total. The van der Waals surface area contributed by atoms with Gasteiger partial charge in [0.15, 0.2) is 0 Å². The van der Waals surface area contributed by atoms with Crippen molar-refractivity contribution in [3.05, 3.63) is 64.1 Å². The Hall–Kier alpha value is -3.62. The molecule has 0 saturated carbocycles. The molecule has 2 aromatic heterocycles. The number of halogens is 3. The van der Waals surface area contributed by atoms with Gasteiger partial charge in [-0.05, 0) is 43.2 Å². The van der Waals surface area contributed by atoms with E-state index >= 15 is 0 Å². The van der Waals surface area contributed by atoms with E-state index in [0.29, 0.717) is 36.4 Å². The highest BCUT2D eigenvalue weighted by atomic mass is 19.4. The second kappa shape index (κ2) is 11.0. The molecule has 1 aliphatic heterocycles. The lowest BCUT2D eigenvalue weighted by molar-refractivity contribution is -0.274. The molecule has 0 radical (unpaired) electrons. The molecular weight excluding hydrogens is 499 g/mol. The van der Waals surface area contributed by atoms with E-state index in [1.807, 2.05) is 6.92 Å². The molecule has 1 unspecified atom stereocenters. The number of fused-ring (bicyclic) bond motifs is 1. The topological polar surface area (TPSA) is 83.6 Å². The Bertz CT molecular complexity index is 1380. The average molecular weight is 530 g/mol. The molecule has 1 aromatic carbocycles. The van der Waals surface area contributed by atoms with Gasteiger partial charge in [0.05, 0.1) is 23.9 Å². The summed E-state index contributed by atoms with van der Waals surface area (Å²) in [5.41, 5.74) is 2.85. The first kappa shape index (κ1) is 27.4. The lowest BCUT2D eigenvalue weighted by atomic mass is 9.98.